The molecule has 0 aliphatic rings. The molecule has 0 radical (unpaired) electrons. The number of methoxy groups -OCH3 is 1. The van der Waals surface area contributed by atoms with Gasteiger partial charge in [0.2, 0.25) is 16.9 Å². The molecule has 0 saturated carbocycles. The van der Waals surface area contributed by atoms with Crippen molar-refractivity contribution in [1.82, 2.24) is 4.98 Å². The third-order valence-corrected chi connectivity index (χ3v) is 3.08. The smallest absolute Gasteiger partial charge is 0.295 e. The van der Waals surface area contributed by atoms with Crippen LogP contribution in [0.2, 0.25) is 0 Å². The van der Waals surface area contributed by atoms with E-state index in [1.807, 2.05) is 18.2 Å². The molecule has 106 valence electrons. The quantitative estimate of drug-likeness (QED) is 0.773. The number of carbonyl (C=O) groups is 1. The standard InChI is InChI=1S/C15H12N2O4/c1-20-13-11(18)6-8-21-14(13)15(19)17-10-4-2-3-9-5-7-16-12(9)10/h2-8,16H,1H3,(H,17,19). The van der Waals surface area contributed by atoms with Gasteiger partial charge in [-0.2, -0.15) is 0 Å². The number of hydrogen-bond acceptors (Lipinski definition) is 4. The van der Waals surface area contributed by atoms with E-state index < -0.39 is 11.3 Å². The van der Waals surface area contributed by atoms with Crippen LogP contribution in [0.5, 0.6) is 5.75 Å². The first-order chi connectivity index (χ1) is 10.2. The summed E-state index contributed by atoms with van der Waals surface area (Å²) >= 11 is 0. The molecule has 3 aromatic rings. The summed E-state index contributed by atoms with van der Waals surface area (Å²) in [6, 6.07) is 8.59. The molecule has 3 rings (SSSR count). The zero-order valence-corrected chi connectivity index (χ0v) is 11.2. The Hall–Kier alpha value is -3.02. The summed E-state index contributed by atoms with van der Waals surface area (Å²) in [5.74, 6) is -0.825. The number of amides is 1. The van der Waals surface area contributed by atoms with Crippen molar-refractivity contribution < 1.29 is 13.9 Å². The highest BCUT2D eigenvalue weighted by Crippen LogP contribution is 2.23. The Bertz CT molecular complexity index is 863. The fourth-order valence-electron chi connectivity index (χ4n) is 2.12. The van der Waals surface area contributed by atoms with Crippen molar-refractivity contribution in [3.63, 3.8) is 0 Å². The zero-order chi connectivity index (χ0) is 14.8. The second-order valence-corrected chi connectivity index (χ2v) is 4.35. The van der Waals surface area contributed by atoms with Crippen LogP contribution in [0.15, 0.2) is 52.0 Å². The van der Waals surface area contributed by atoms with Crippen molar-refractivity contribution in [3.05, 3.63) is 58.8 Å². The number of para-hydroxylation sites is 1. The van der Waals surface area contributed by atoms with Gasteiger partial charge in [0.1, 0.15) is 0 Å². The van der Waals surface area contributed by atoms with Gasteiger partial charge >= 0.3 is 0 Å². The highest BCUT2D eigenvalue weighted by Gasteiger charge is 2.19. The van der Waals surface area contributed by atoms with Crippen molar-refractivity contribution in [3.8, 4) is 5.75 Å². The fourth-order valence-corrected chi connectivity index (χ4v) is 2.12. The van der Waals surface area contributed by atoms with E-state index in [-0.39, 0.29) is 11.5 Å². The van der Waals surface area contributed by atoms with Gasteiger partial charge in [-0.3, -0.25) is 9.59 Å². The molecule has 2 heterocycles. The van der Waals surface area contributed by atoms with Gasteiger partial charge in [0, 0.05) is 17.6 Å². The van der Waals surface area contributed by atoms with Crippen LogP contribution in [0.25, 0.3) is 10.9 Å². The first kappa shape index (κ1) is 13.0. The van der Waals surface area contributed by atoms with Crippen molar-refractivity contribution in [2.45, 2.75) is 0 Å². The maximum absolute atomic E-state index is 12.3. The lowest BCUT2D eigenvalue weighted by molar-refractivity contribution is 0.0989. The molecular weight excluding hydrogens is 272 g/mol. The maximum atomic E-state index is 12.3. The lowest BCUT2D eigenvalue weighted by Gasteiger charge is -2.08. The summed E-state index contributed by atoms with van der Waals surface area (Å²) in [6.07, 6.45) is 2.94. The molecule has 6 heteroatoms. The Morgan fingerprint density at radius 1 is 1.29 bits per heavy atom. The maximum Gasteiger partial charge on any atom is 0.295 e. The van der Waals surface area contributed by atoms with Gasteiger partial charge in [0.05, 0.1) is 24.6 Å². The van der Waals surface area contributed by atoms with Gasteiger partial charge in [-0.15, -0.1) is 0 Å². The van der Waals surface area contributed by atoms with E-state index in [1.165, 1.54) is 13.2 Å². The van der Waals surface area contributed by atoms with Gasteiger partial charge in [-0.05, 0) is 12.1 Å². The van der Waals surface area contributed by atoms with Crippen LogP contribution < -0.4 is 15.5 Å². The molecule has 0 saturated heterocycles. The number of ether oxygens (including phenoxy) is 1. The summed E-state index contributed by atoms with van der Waals surface area (Å²) in [7, 11) is 1.31. The van der Waals surface area contributed by atoms with E-state index in [4.69, 9.17) is 9.15 Å². The van der Waals surface area contributed by atoms with Crippen LogP contribution in [0.3, 0.4) is 0 Å². The number of carbonyl (C=O) groups excluding carboxylic acids is 1. The number of benzene rings is 1. The molecule has 0 atom stereocenters. The lowest BCUT2D eigenvalue weighted by atomic mass is 10.2. The molecule has 0 spiro atoms. The molecule has 1 amide bonds. The van der Waals surface area contributed by atoms with Crippen LogP contribution in [-0.4, -0.2) is 18.0 Å². The number of rotatable bonds is 3. The molecular formula is C15H12N2O4. The fraction of sp³-hybridized carbons (Fsp3) is 0.0667. The normalized spacial score (nSPS) is 10.5. The SMILES string of the molecule is COc1c(C(=O)Nc2cccc3cc[nH]c23)occc1=O. The number of fused-ring (bicyclic) bond motifs is 1. The Morgan fingerprint density at radius 3 is 2.95 bits per heavy atom. The third-order valence-electron chi connectivity index (χ3n) is 3.08. The summed E-state index contributed by atoms with van der Waals surface area (Å²) in [6.45, 7) is 0. The van der Waals surface area contributed by atoms with Crippen molar-refractivity contribution in [2.75, 3.05) is 12.4 Å². The lowest BCUT2D eigenvalue weighted by Crippen LogP contribution is -2.17. The van der Waals surface area contributed by atoms with Crippen LogP contribution in [-0.2, 0) is 0 Å². The number of anilines is 1. The molecule has 1 aromatic carbocycles. The first-order valence-corrected chi connectivity index (χ1v) is 6.24. The number of nitrogens with one attached hydrogen (secondary N) is 2. The molecule has 0 aliphatic carbocycles. The highest BCUT2D eigenvalue weighted by atomic mass is 16.5. The Morgan fingerprint density at radius 2 is 2.14 bits per heavy atom. The van der Waals surface area contributed by atoms with E-state index >= 15 is 0 Å². The van der Waals surface area contributed by atoms with Crippen LogP contribution in [0.1, 0.15) is 10.6 Å². The second kappa shape index (κ2) is 5.16. The number of aromatic nitrogens is 1. The predicted octanol–water partition coefficient (Wildman–Crippen LogP) is 2.38. The number of aromatic amines is 1. The predicted molar refractivity (Wildman–Crippen MR) is 77.8 cm³/mol. The van der Waals surface area contributed by atoms with Gasteiger partial charge in [0.15, 0.2) is 0 Å². The van der Waals surface area contributed by atoms with Crippen molar-refractivity contribution in [1.29, 1.82) is 0 Å². The first-order valence-electron chi connectivity index (χ1n) is 6.24. The second-order valence-electron chi connectivity index (χ2n) is 4.35. The average molecular weight is 284 g/mol. The Kier molecular flexibility index (Phi) is 3.19. The molecule has 6 nitrogen and oxygen atoms in total. The molecule has 21 heavy (non-hydrogen) atoms. The highest BCUT2D eigenvalue weighted by molar-refractivity contribution is 6.08. The Balaban J connectivity index is 1.99. The monoisotopic (exact) mass is 284 g/mol. The summed E-state index contributed by atoms with van der Waals surface area (Å²) in [5, 5.41) is 3.67. The van der Waals surface area contributed by atoms with E-state index in [9.17, 15) is 9.59 Å². The van der Waals surface area contributed by atoms with Crippen molar-refractivity contribution >= 4 is 22.5 Å². The number of hydrogen-bond donors (Lipinski definition) is 2. The van der Waals surface area contributed by atoms with Crippen LogP contribution in [0.4, 0.5) is 5.69 Å². The molecule has 2 N–H and O–H groups in total. The molecule has 0 aliphatic heterocycles. The van der Waals surface area contributed by atoms with Crippen LogP contribution >= 0.6 is 0 Å². The zero-order valence-electron chi connectivity index (χ0n) is 11.2. The van der Waals surface area contributed by atoms with Gasteiger partial charge in [-0.1, -0.05) is 12.1 Å². The molecule has 0 bridgehead atoms. The summed E-state index contributed by atoms with van der Waals surface area (Å²) in [4.78, 5) is 26.9. The van der Waals surface area contributed by atoms with E-state index in [2.05, 4.69) is 10.3 Å². The Labute approximate surface area is 119 Å². The number of H-pyrrole nitrogens is 1. The topological polar surface area (TPSA) is 84.3 Å². The van der Waals surface area contributed by atoms with Gasteiger partial charge in [-0.25, -0.2) is 0 Å². The largest absolute Gasteiger partial charge is 0.489 e. The van der Waals surface area contributed by atoms with Gasteiger partial charge in [0.25, 0.3) is 5.91 Å². The van der Waals surface area contributed by atoms with E-state index in [0.29, 0.717) is 5.69 Å². The van der Waals surface area contributed by atoms with Crippen molar-refractivity contribution in [2.24, 2.45) is 0 Å². The van der Waals surface area contributed by atoms with Crippen LogP contribution in [0, 0.1) is 0 Å². The minimum Gasteiger partial charge on any atom is -0.489 e. The molecule has 0 unspecified atom stereocenters. The van der Waals surface area contributed by atoms with E-state index in [0.717, 1.165) is 17.2 Å². The third kappa shape index (κ3) is 2.27. The summed E-state index contributed by atoms with van der Waals surface area (Å²) < 4.78 is 10.0. The minimum atomic E-state index is -0.549. The molecule has 2 aromatic heterocycles. The average Bonchev–Trinajstić information content (AvgIpc) is 2.96. The molecule has 0 fully saturated rings. The van der Waals surface area contributed by atoms with E-state index in [1.54, 1.807) is 12.3 Å². The van der Waals surface area contributed by atoms with Gasteiger partial charge < -0.3 is 19.5 Å². The minimum absolute atomic E-state index is 0.117. The summed E-state index contributed by atoms with van der Waals surface area (Å²) in [5.41, 5.74) is 0.978.